The number of nitriles is 1. The van der Waals surface area contributed by atoms with Crippen LogP contribution >= 0.6 is 0 Å². The second-order valence-electron chi connectivity index (χ2n) is 5.81. The first-order valence-electron chi connectivity index (χ1n) is 7.98. The quantitative estimate of drug-likeness (QED) is 0.571. The first kappa shape index (κ1) is 15.0. The van der Waals surface area contributed by atoms with Gasteiger partial charge in [-0.25, -0.2) is 0 Å². The number of fused-ring (bicyclic) bond motifs is 1. The van der Waals surface area contributed by atoms with Crippen molar-refractivity contribution in [3.63, 3.8) is 0 Å². The molecule has 0 spiro atoms. The molecule has 0 unspecified atom stereocenters. The lowest BCUT2D eigenvalue weighted by Crippen LogP contribution is -1.97. The molecule has 0 aliphatic rings. The number of pyridine rings is 1. The predicted molar refractivity (Wildman–Crippen MR) is 97.7 cm³/mol. The van der Waals surface area contributed by atoms with Crippen molar-refractivity contribution >= 4 is 22.3 Å². The summed E-state index contributed by atoms with van der Waals surface area (Å²) >= 11 is 0. The van der Waals surface area contributed by atoms with Crippen molar-refractivity contribution in [2.45, 2.75) is 6.42 Å². The molecule has 0 saturated carbocycles. The maximum atomic E-state index is 9.40. The highest BCUT2D eigenvalue weighted by Gasteiger charge is 2.09. The van der Waals surface area contributed by atoms with Gasteiger partial charge in [0.1, 0.15) is 6.07 Å². The number of aromatic nitrogens is 1. The van der Waals surface area contributed by atoms with Crippen molar-refractivity contribution in [2.75, 3.05) is 5.32 Å². The second-order valence-corrected chi connectivity index (χ2v) is 5.81. The summed E-state index contributed by atoms with van der Waals surface area (Å²) in [6.45, 7) is 0. The molecule has 25 heavy (non-hydrogen) atoms. The highest BCUT2D eigenvalue weighted by atomic mass is 16.3. The topological polar surface area (TPSA) is 61.9 Å². The van der Waals surface area contributed by atoms with Crippen molar-refractivity contribution in [2.24, 2.45) is 0 Å². The zero-order valence-corrected chi connectivity index (χ0v) is 13.4. The lowest BCUT2D eigenvalue weighted by atomic mass is 10.1. The molecule has 0 aliphatic heterocycles. The Morgan fingerprint density at radius 1 is 1.00 bits per heavy atom. The number of hydrogen-bond donors (Lipinski definition) is 1. The summed E-state index contributed by atoms with van der Waals surface area (Å²) in [5, 5.41) is 13.7. The van der Waals surface area contributed by atoms with E-state index in [1.807, 2.05) is 42.5 Å². The van der Waals surface area contributed by atoms with E-state index in [0.29, 0.717) is 5.56 Å². The number of rotatable bonds is 4. The predicted octanol–water partition coefficient (Wildman–Crippen LogP) is 5.03. The van der Waals surface area contributed by atoms with Gasteiger partial charge in [0, 0.05) is 23.7 Å². The van der Waals surface area contributed by atoms with Crippen LogP contribution in [0, 0.1) is 11.3 Å². The molecular weight excluding hydrogens is 310 g/mol. The Bertz CT molecular complexity index is 1040. The van der Waals surface area contributed by atoms with Crippen LogP contribution in [0.4, 0.5) is 11.4 Å². The normalized spacial score (nSPS) is 10.5. The molecule has 2 heterocycles. The Hall–Kier alpha value is -3.58. The van der Waals surface area contributed by atoms with Crippen LogP contribution in [0.5, 0.6) is 0 Å². The molecule has 0 atom stereocenters. The molecule has 4 nitrogen and oxygen atoms in total. The van der Waals surface area contributed by atoms with Crippen LogP contribution in [0.25, 0.3) is 10.9 Å². The van der Waals surface area contributed by atoms with Gasteiger partial charge in [-0.3, -0.25) is 4.98 Å². The van der Waals surface area contributed by atoms with E-state index >= 15 is 0 Å². The van der Waals surface area contributed by atoms with Crippen LogP contribution in [0.3, 0.4) is 0 Å². The molecule has 4 rings (SSSR count). The van der Waals surface area contributed by atoms with Crippen molar-refractivity contribution in [3.05, 3.63) is 90.0 Å². The van der Waals surface area contributed by atoms with E-state index in [1.165, 1.54) is 5.56 Å². The van der Waals surface area contributed by atoms with Crippen molar-refractivity contribution in [1.82, 2.24) is 4.98 Å². The van der Waals surface area contributed by atoms with Crippen LogP contribution in [0.1, 0.15) is 16.7 Å². The summed E-state index contributed by atoms with van der Waals surface area (Å²) in [4.78, 5) is 4.34. The number of benzene rings is 2. The number of nitrogens with one attached hydrogen (secondary N) is 1. The largest absolute Gasteiger partial charge is 0.472 e. The number of furan rings is 1. The minimum Gasteiger partial charge on any atom is -0.472 e. The fourth-order valence-electron chi connectivity index (χ4n) is 2.84. The van der Waals surface area contributed by atoms with E-state index in [4.69, 9.17) is 4.42 Å². The Balaban J connectivity index is 1.64. The highest BCUT2D eigenvalue weighted by molar-refractivity contribution is 5.95. The van der Waals surface area contributed by atoms with Crippen molar-refractivity contribution in [1.29, 1.82) is 5.26 Å². The summed E-state index contributed by atoms with van der Waals surface area (Å²) in [6, 6.07) is 20.2. The van der Waals surface area contributed by atoms with Crippen LogP contribution in [0.15, 0.2) is 77.7 Å². The highest BCUT2D eigenvalue weighted by Crippen LogP contribution is 2.28. The monoisotopic (exact) mass is 325 g/mol. The van der Waals surface area contributed by atoms with E-state index < -0.39 is 0 Å². The van der Waals surface area contributed by atoms with Gasteiger partial charge in [0.05, 0.1) is 29.3 Å². The summed E-state index contributed by atoms with van der Waals surface area (Å²) in [5.74, 6) is 0. The smallest absolute Gasteiger partial charge is 0.103 e. The summed E-state index contributed by atoms with van der Waals surface area (Å²) in [5.41, 5.74) is 5.46. The molecule has 0 saturated heterocycles. The molecule has 2 aromatic heterocycles. The zero-order valence-electron chi connectivity index (χ0n) is 13.4. The van der Waals surface area contributed by atoms with Crippen LogP contribution in [0.2, 0.25) is 0 Å². The van der Waals surface area contributed by atoms with Crippen LogP contribution in [-0.4, -0.2) is 4.98 Å². The van der Waals surface area contributed by atoms with Gasteiger partial charge in [-0.05, 0) is 35.4 Å². The number of anilines is 2. The zero-order chi connectivity index (χ0) is 17.1. The van der Waals surface area contributed by atoms with Gasteiger partial charge in [-0.2, -0.15) is 5.26 Å². The van der Waals surface area contributed by atoms with Gasteiger partial charge in [0.2, 0.25) is 0 Å². The summed E-state index contributed by atoms with van der Waals surface area (Å²) < 4.78 is 5.11. The Kier molecular flexibility index (Phi) is 3.89. The minimum atomic E-state index is 0.529. The fraction of sp³-hybridized carbons (Fsp3) is 0.0476. The molecule has 4 heteroatoms. The molecule has 1 N–H and O–H groups in total. The lowest BCUT2D eigenvalue weighted by molar-refractivity contribution is 0.564. The molecular formula is C21H15N3O. The molecule has 0 aliphatic carbocycles. The van der Waals surface area contributed by atoms with Crippen LogP contribution < -0.4 is 5.32 Å². The molecule has 0 radical (unpaired) electrons. The Morgan fingerprint density at radius 2 is 1.84 bits per heavy atom. The van der Waals surface area contributed by atoms with E-state index in [0.717, 1.165) is 34.3 Å². The van der Waals surface area contributed by atoms with Gasteiger partial charge >= 0.3 is 0 Å². The van der Waals surface area contributed by atoms with E-state index in [1.54, 1.807) is 18.7 Å². The number of para-hydroxylation sites is 1. The summed E-state index contributed by atoms with van der Waals surface area (Å²) in [7, 11) is 0. The standard InChI is InChI=1S/C21H15N3O/c22-12-17-13-23-20-4-2-1-3-19(20)21(17)24-18-7-5-15(6-8-18)11-16-9-10-25-14-16/h1-10,13-14H,11H2,(H,23,24). The summed E-state index contributed by atoms with van der Waals surface area (Å²) in [6.07, 6.45) is 5.88. The first-order valence-corrected chi connectivity index (χ1v) is 7.98. The van der Waals surface area contributed by atoms with Gasteiger partial charge in [0.15, 0.2) is 0 Å². The Labute approximate surface area is 145 Å². The maximum absolute atomic E-state index is 9.40. The first-order chi connectivity index (χ1) is 12.3. The Morgan fingerprint density at radius 3 is 2.60 bits per heavy atom. The van der Waals surface area contributed by atoms with E-state index in [2.05, 4.69) is 28.5 Å². The van der Waals surface area contributed by atoms with Gasteiger partial charge in [0.25, 0.3) is 0 Å². The fourth-order valence-corrected chi connectivity index (χ4v) is 2.84. The lowest BCUT2D eigenvalue weighted by Gasteiger charge is -2.12. The average Bonchev–Trinajstić information content (AvgIpc) is 3.16. The molecule has 2 aromatic carbocycles. The average molecular weight is 325 g/mol. The molecule has 120 valence electrons. The van der Waals surface area contributed by atoms with Crippen LogP contribution in [-0.2, 0) is 6.42 Å². The second kappa shape index (κ2) is 6.50. The van der Waals surface area contributed by atoms with Gasteiger partial charge in [-0.15, -0.1) is 0 Å². The van der Waals surface area contributed by atoms with Gasteiger partial charge in [-0.1, -0.05) is 30.3 Å². The van der Waals surface area contributed by atoms with Gasteiger partial charge < -0.3 is 9.73 Å². The third-order valence-corrected chi connectivity index (χ3v) is 4.11. The number of hydrogen-bond acceptors (Lipinski definition) is 4. The SMILES string of the molecule is N#Cc1cnc2ccccc2c1Nc1ccc(Cc2ccoc2)cc1. The van der Waals surface area contributed by atoms with Crippen molar-refractivity contribution in [3.8, 4) is 6.07 Å². The minimum absolute atomic E-state index is 0.529. The van der Waals surface area contributed by atoms with E-state index in [-0.39, 0.29) is 0 Å². The van der Waals surface area contributed by atoms with Crippen molar-refractivity contribution < 1.29 is 4.42 Å². The molecule has 0 amide bonds. The van der Waals surface area contributed by atoms with E-state index in [9.17, 15) is 5.26 Å². The third kappa shape index (κ3) is 3.08. The third-order valence-electron chi connectivity index (χ3n) is 4.11. The molecule has 0 fully saturated rings. The maximum Gasteiger partial charge on any atom is 0.103 e. The number of nitrogens with zero attached hydrogens (tertiary/aromatic N) is 2. The molecule has 4 aromatic rings. The molecule has 0 bridgehead atoms.